The van der Waals surface area contributed by atoms with Gasteiger partial charge in [0.1, 0.15) is 5.82 Å². The first-order valence-electron chi connectivity index (χ1n) is 20.7. The van der Waals surface area contributed by atoms with E-state index in [0.717, 1.165) is 141 Å². The van der Waals surface area contributed by atoms with Crippen LogP contribution < -0.4 is 5.32 Å². The summed E-state index contributed by atoms with van der Waals surface area (Å²) in [7, 11) is 0. The van der Waals surface area contributed by atoms with Gasteiger partial charge in [0.15, 0.2) is 0 Å². The lowest BCUT2D eigenvalue weighted by molar-refractivity contribution is -0.133. The van der Waals surface area contributed by atoms with Crippen molar-refractivity contribution >= 4 is 29.1 Å². The van der Waals surface area contributed by atoms with Gasteiger partial charge in [0, 0.05) is 63.2 Å². The highest BCUT2D eigenvalue weighted by atomic mass is 35.5. The van der Waals surface area contributed by atoms with E-state index in [-0.39, 0.29) is 22.2 Å². The summed E-state index contributed by atoms with van der Waals surface area (Å²) in [6.45, 7) is 9.90. The molecule has 9 heteroatoms. The summed E-state index contributed by atoms with van der Waals surface area (Å²) < 4.78 is 15.2. The third-order valence-corrected chi connectivity index (χ3v) is 14.0. The fraction of sp³-hybridized carbons (Fsp3) is 0.556. The van der Waals surface area contributed by atoms with Gasteiger partial charge in [0.2, 0.25) is 11.8 Å². The summed E-state index contributed by atoms with van der Waals surface area (Å²) in [5.41, 5.74) is 7.33. The van der Waals surface area contributed by atoms with Gasteiger partial charge in [-0.1, -0.05) is 66.6 Å². The van der Waals surface area contributed by atoms with Gasteiger partial charge in [-0.15, -0.1) is 0 Å². The van der Waals surface area contributed by atoms with Crippen LogP contribution in [0.15, 0.2) is 60.7 Å². The number of halogens is 2. The number of likely N-dealkylation sites (tertiary alicyclic amines) is 2. The Morgan fingerprint density at radius 3 is 1.81 bits per heavy atom. The smallest absolute Gasteiger partial charge is 0.224 e. The van der Waals surface area contributed by atoms with Crippen LogP contribution in [-0.2, 0) is 40.9 Å². The predicted molar refractivity (Wildman–Crippen MR) is 214 cm³/mol. The van der Waals surface area contributed by atoms with Crippen LogP contribution in [0.5, 0.6) is 0 Å². The first-order valence-corrected chi connectivity index (χ1v) is 21.1. The van der Waals surface area contributed by atoms with Crippen LogP contribution in [0.2, 0.25) is 5.02 Å². The molecule has 3 aromatic rings. The first kappa shape index (κ1) is 37.5. The zero-order chi connectivity index (χ0) is 37.1. The van der Waals surface area contributed by atoms with E-state index >= 15 is 4.39 Å². The highest BCUT2D eigenvalue weighted by Gasteiger charge is 2.52. The minimum atomic E-state index is -0.319. The molecule has 5 heterocycles. The maximum absolute atomic E-state index is 15.2. The molecule has 0 radical (unpaired) electrons. The van der Waals surface area contributed by atoms with Gasteiger partial charge in [-0.3, -0.25) is 9.59 Å². The first-order chi connectivity index (χ1) is 26.4. The molecule has 0 spiro atoms. The number of nitrogens with one attached hydrogen (secondary N) is 1. The second-order valence-corrected chi connectivity index (χ2v) is 17.1. The highest BCUT2D eigenvalue weighted by Crippen LogP contribution is 2.54. The Labute approximate surface area is 326 Å². The largest absolute Gasteiger partial charge is 0.384 e. The molecule has 5 aliphatic rings. The van der Waals surface area contributed by atoms with Crippen molar-refractivity contribution in [1.29, 1.82) is 0 Å². The zero-order valence-corrected chi connectivity index (χ0v) is 32.6. The Morgan fingerprint density at radius 1 is 0.685 bits per heavy atom. The molecule has 5 aliphatic heterocycles. The molecule has 0 saturated carbocycles. The van der Waals surface area contributed by atoms with Gasteiger partial charge in [-0.25, -0.2) is 4.39 Å². The van der Waals surface area contributed by atoms with E-state index < -0.39 is 0 Å². The molecule has 288 valence electrons. The average Bonchev–Trinajstić information content (AvgIpc) is 3.58. The van der Waals surface area contributed by atoms with E-state index in [1.165, 1.54) is 22.3 Å². The van der Waals surface area contributed by atoms with Crippen molar-refractivity contribution in [3.8, 4) is 0 Å². The van der Waals surface area contributed by atoms with E-state index in [0.29, 0.717) is 30.6 Å². The number of carbonyl (C=O) groups excluding carboxylic acids is 2. The van der Waals surface area contributed by atoms with E-state index in [1.54, 1.807) is 12.1 Å². The molecule has 1 atom stereocenters. The van der Waals surface area contributed by atoms with Crippen molar-refractivity contribution in [3.05, 3.63) is 99.3 Å². The van der Waals surface area contributed by atoms with Gasteiger partial charge in [-0.2, -0.15) is 0 Å². The summed E-state index contributed by atoms with van der Waals surface area (Å²) in [5.74, 6) is 1.15. The number of amides is 2. The Morgan fingerprint density at radius 2 is 1.22 bits per heavy atom. The predicted octanol–water partition coefficient (Wildman–Crippen LogP) is 7.69. The van der Waals surface area contributed by atoms with Crippen LogP contribution in [0.25, 0.3) is 0 Å². The van der Waals surface area contributed by atoms with Crippen LogP contribution in [-0.4, -0.2) is 90.3 Å². The van der Waals surface area contributed by atoms with Crippen molar-refractivity contribution in [3.63, 3.8) is 0 Å². The lowest BCUT2D eigenvalue weighted by Gasteiger charge is -2.50. The quantitative estimate of drug-likeness (QED) is 0.204. The van der Waals surface area contributed by atoms with E-state index in [9.17, 15) is 9.59 Å². The molecular weight excluding hydrogens is 697 g/mol. The van der Waals surface area contributed by atoms with E-state index in [4.69, 9.17) is 11.6 Å². The lowest BCUT2D eigenvalue weighted by atomic mass is 9.58. The molecule has 2 fully saturated rings. The number of piperidine rings is 2. The Kier molecular flexibility index (Phi) is 11.6. The zero-order valence-electron chi connectivity index (χ0n) is 31.8. The number of nitrogens with zero attached hydrogens (tertiary/aromatic N) is 4. The summed E-state index contributed by atoms with van der Waals surface area (Å²) in [4.78, 5) is 35.4. The molecule has 0 aromatic heterocycles. The second-order valence-electron chi connectivity index (χ2n) is 16.7. The average molecular weight is 754 g/mol. The summed E-state index contributed by atoms with van der Waals surface area (Å²) in [6.07, 6.45) is 10.6. The van der Waals surface area contributed by atoms with Gasteiger partial charge >= 0.3 is 0 Å². The molecular formula is C45H57ClFN5O2. The molecule has 0 bridgehead atoms. The number of fused-ring (bicyclic) bond motifs is 3. The lowest BCUT2D eigenvalue weighted by Crippen LogP contribution is -2.52. The van der Waals surface area contributed by atoms with E-state index in [2.05, 4.69) is 63.6 Å². The molecule has 0 aliphatic carbocycles. The second kappa shape index (κ2) is 16.7. The molecule has 1 unspecified atom stereocenters. The normalized spacial score (nSPS) is 22.4. The fourth-order valence-electron chi connectivity index (χ4n) is 10.6. The Balaban J connectivity index is 0.820. The van der Waals surface area contributed by atoms with E-state index in [1.807, 2.05) is 9.80 Å². The van der Waals surface area contributed by atoms with Crippen molar-refractivity contribution in [1.82, 2.24) is 19.6 Å². The third-order valence-electron chi connectivity index (χ3n) is 13.7. The number of carbonyl (C=O) groups is 2. The Bertz CT molecular complexity index is 1800. The van der Waals surface area contributed by atoms with Gasteiger partial charge in [0.05, 0.1) is 5.02 Å². The van der Waals surface area contributed by atoms with Crippen molar-refractivity contribution < 1.29 is 14.0 Å². The summed E-state index contributed by atoms with van der Waals surface area (Å²) in [5, 5.41) is 3.87. The molecule has 3 aromatic carbocycles. The molecule has 54 heavy (non-hydrogen) atoms. The minimum absolute atomic E-state index is 0.120. The summed E-state index contributed by atoms with van der Waals surface area (Å²) in [6, 6.07) is 20.5. The molecule has 2 amide bonds. The Hall–Kier alpha value is -3.46. The number of hydrogen-bond acceptors (Lipinski definition) is 5. The number of hydrogen-bond donors (Lipinski definition) is 1. The van der Waals surface area contributed by atoms with Crippen molar-refractivity contribution in [2.24, 2.45) is 11.8 Å². The SMILES string of the molecule is O=C(CCCCCN1CCC(C2(C3CCN(CCC(=O)N4CCc5ccccc5C4)CC3)CNc3cc(Cl)c(F)cc32)CC1)N1CCc2ccccc2C1. The molecule has 2 saturated heterocycles. The van der Waals surface area contributed by atoms with Crippen molar-refractivity contribution in [2.45, 2.75) is 89.1 Å². The molecule has 1 N–H and O–H groups in total. The van der Waals surface area contributed by atoms with Gasteiger partial charge in [0.25, 0.3) is 0 Å². The maximum Gasteiger partial charge on any atom is 0.224 e. The number of unbranched alkanes of at least 4 members (excludes halogenated alkanes) is 2. The summed E-state index contributed by atoms with van der Waals surface area (Å²) >= 11 is 6.30. The maximum atomic E-state index is 15.2. The number of benzene rings is 3. The highest BCUT2D eigenvalue weighted by molar-refractivity contribution is 6.31. The number of rotatable bonds is 11. The van der Waals surface area contributed by atoms with Crippen molar-refractivity contribution in [2.75, 3.05) is 64.2 Å². The van der Waals surface area contributed by atoms with Crippen LogP contribution in [0, 0.1) is 17.7 Å². The van der Waals surface area contributed by atoms with Crippen LogP contribution in [0.1, 0.15) is 85.6 Å². The topological polar surface area (TPSA) is 59.1 Å². The van der Waals surface area contributed by atoms with Crippen LogP contribution in [0.4, 0.5) is 10.1 Å². The molecule has 8 rings (SSSR count). The van der Waals surface area contributed by atoms with Gasteiger partial charge in [-0.05, 0) is 136 Å². The fourth-order valence-corrected chi connectivity index (χ4v) is 10.8. The minimum Gasteiger partial charge on any atom is -0.384 e. The standard InChI is InChI=1S/C45H57ClFN5O2/c46-40-29-42-39(28-41(40)47)45(32-48-42,38-17-23-50(24-18-38)25-19-44(54)52-27-14-34-9-4-6-11-36(34)31-52)37-15-21-49(22-16-37)20-7-1-2-12-43(53)51-26-13-33-8-3-5-10-35(33)30-51/h3-6,8-11,28-29,37-38,48H,1-2,7,12-27,30-32H2. The monoisotopic (exact) mass is 753 g/mol. The number of anilines is 1. The van der Waals surface area contributed by atoms with Crippen LogP contribution in [0.3, 0.4) is 0 Å². The van der Waals surface area contributed by atoms with Crippen LogP contribution >= 0.6 is 11.6 Å². The molecule has 7 nitrogen and oxygen atoms in total. The third kappa shape index (κ3) is 7.94. The van der Waals surface area contributed by atoms with Gasteiger partial charge < -0.3 is 24.9 Å².